The number of aliphatic hydroxyl groups excluding tert-OH is 1. The number of rotatable bonds is 5. The standard InChI is InChI=1S/C15H17NO3/c1-11-7-15(18-2)8-13(16-11)10-19-14-5-3-12(9-17)4-6-14/h3-8,17H,9-10H2,1-2H3. The Morgan fingerprint density at radius 3 is 2.47 bits per heavy atom. The predicted molar refractivity (Wildman–Crippen MR) is 72.2 cm³/mol. The van der Waals surface area contributed by atoms with Gasteiger partial charge in [-0.05, 0) is 24.6 Å². The van der Waals surface area contributed by atoms with E-state index in [4.69, 9.17) is 14.6 Å². The molecule has 0 saturated heterocycles. The average molecular weight is 259 g/mol. The van der Waals surface area contributed by atoms with E-state index in [1.165, 1.54) is 0 Å². The summed E-state index contributed by atoms with van der Waals surface area (Å²) in [6.45, 7) is 2.34. The lowest BCUT2D eigenvalue weighted by atomic mass is 10.2. The van der Waals surface area contributed by atoms with Crippen LogP contribution in [-0.2, 0) is 13.2 Å². The fraction of sp³-hybridized carbons (Fsp3) is 0.267. The molecule has 0 aliphatic carbocycles. The van der Waals surface area contributed by atoms with E-state index in [0.29, 0.717) is 6.61 Å². The van der Waals surface area contributed by atoms with Gasteiger partial charge < -0.3 is 14.6 Å². The molecule has 0 saturated carbocycles. The van der Waals surface area contributed by atoms with Crippen molar-refractivity contribution in [3.8, 4) is 11.5 Å². The molecule has 100 valence electrons. The molecule has 0 unspecified atom stereocenters. The fourth-order valence-corrected chi connectivity index (χ4v) is 1.74. The molecule has 0 aliphatic rings. The van der Waals surface area contributed by atoms with Crippen LogP contribution in [0.4, 0.5) is 0 Å². The molecule has 0 atom stereocenters. The van der Waals surface area contributed by atoms with Gasteiger partial charge in [0.25, 0.3) is 0 Å². The van der Waals surface area contributed by atoms with Crippen LogP contribution in [0, 0.1) is 6.92 Å². The van der Waals surface area contributed by atoms with Gasteiger partial charge in [-0.15, -0.1) is 0 Å². The second-order valence-electron chi connectivity index (χ2n) is 4.23. The molecule has 4 heteroatoms. The minimum absolute atomic E-state index is 0.0386. The van der Waals surface area contributed by atoms with Gasteiger partial charge in [0, 0.05) is 17.8 Å². The Kier molecular flexibility index (Phi) is 4.36. The molecule has 0 bridgehead atoms. The number of nitrogens with zero attached hydrogens (tertiary/aromatic N) is 1. The van der Waals surface area contributed by atoms with Crippen molar-refractivity contribution in [1.29, 1.82) is 0 Å². The maximum Gasteiger partial charge on any atom is 0.130 e. The summed E-state index contributed by atoms with van der Waals surface area (Å²) in [7, 11) is 1.63. The van der Waals surface area contributed by atoms with Crippen molar-refractivity contribution in [3.05, 3.63) is 53.3 Å². The molecular formula is C15H17NO3. The molecule has 2 aromatic rings. The van der Waals surface area contributed by atoms with Gasteiger partial charge in [0.2, 0.25) is 0 Å². The van der Waals surface area contributed by atoms with E-state index in [1.54, 1.807) is 7.11 Å². The van der Waals surface area contributed by atoms with Gasteiger partial charge in [0.1, 0.15) is 18.1 Å². The third kappa shape index (κ3) is 3.69. The molecule has 1 aromatic carbocycles. The second-order valence-corrected chi connectivity index (χ2v) is 4.23. The lowest BCUT2D eigenvalue weighted by molar-refractivity contribution is 0.280. The van der Waals surface area contributed by atoms with Gasteiger partial charge in [-0.3, -0.25) is 4.98 Å². The first-order valence-electron chi connectivity index (χ1n) is 6.05. The van der Waals surface area contributed by atoms with Crippen molar-refractivity contribution in [3.63, 3.8) is 0 Å². The Hall–Kier alpha value is -2.07. The maximum atomic E-state index is 8.96. The van der Waals surface area contributed by atoms with Crippen LogP contribution in [0.15, 0.2) is 36.4 Å². The molecule has 2 rings (SSSR count). The Labute approximate surface area is 112 Å². The summed E-state index contributed by atoms with van der Waals surface area (Å²) >= 11 is 0. The van der Waals surface area contributed by atoms with Gasteiger partial charge in [-0.1, -0.05) is 12.1 Å². The number of aliphatic hydroxyl groups is 1. The molecule has 0 spiro atoms. The van der Waals surface area contributed by atoms with Crippen LogP contribution < -0.4 is 9.47 Å². The third-order valence-corrected chi connectivity index (χ3v) is 2.71. The summed E-state index contributed by atoms with van der Waals surface area (Å²) in [5.74, 6) is 1.53. The zero-order chi connectivity index (χ0) is 13.7. The van der Waals surface area contributed by atoms with E-state index in [2.05, 4.69) is 4.98 Å². The second kappa shape index (κ2) is 6.20. The highest BCUT2D eigenvalue weighted by Crippen LogP contribution is 2.17. The molecule has 0 fully saturated rings. The van der Waals surface area contributed by atoms with E-state index in [9.17, 15) is 0 Å². The number of benzene rings is 1. The predicted octanol–water partition coefficient (Wildman–Crippen LogP) is 2.47. The molecule has 0 aliphatic heterocycles. The van der Waals surface area contributed by atoms with Crippen molar-refractivity contribution in [2.45, 2.75) is 20.1 Å². The van der Waals surface area contributed by atoms with E-state index >= 15 is 0 Å². The van der Waals surface area contributed by atoms with Gasteiger partial charge in [-0.2, -0.15) is 0 Å². The molecule has 19 heavy (non-hydrogen) atoms. The van der Waals surface area contributed by atoms with Crippen LogP contribution in [0.3, 0.4) is 0 Å². The number of ether oxygens (including phenoxy) is 2. The van der Waals surface area contributed by atoms with E-state index in [-0.39, 0.29) is 6.61 Å². The quantitative estimate of drug-likeness (QED) is 0.896. The highest BCUT2D eigenvalue weighted by atomic mass is 16.5. The van der Waals surface area contributed by atoms with Crippen molar-refractivity contribution < 1.29 is 14.6 Å². The van der Waals surface area contributed by atoms with Crippen LogP contribution in [0.2, 0.25) is 0 Å². The number of aryl methyl sites for hydroxylation is 1. The van der Waals surface area contributed by atoms with Crippen LogP contribution in [0.25, 0.3) is 0 Å². The number of hydrogen-bond donors (Lipinski definition) is 1. The molecule has 1 aromatic heterocycles. The molecule has 4 nitrogen and oxygen atoms in total. The highest BCUT2D eigenvalue weighted by Gasteiger charge is 2.02. The van der Waals surface area contributed by atoms with Gasteiger partial charge >= 0.3 is 0 Å². The van der Waals surface area contributed by atoms with Crippen LogP contribution in [0.5, 0.6) is 11.5 Å². The van der Waals surface area contributed by atoms with Crippen LogP contribution >= 0.6 is 0 Å². The largest absolute Gasteiger partial charge is 0.497 e. The van der Waals surface area contributed by atoms with Crippen molar-refractivity contribution in [1.82, 2.24) is 4.98 Å². The smallest absolute Gasteiger partial charge is 0.130 e. The zero-order valence-corrected chi connectivity index (χ0v) is 11.1. The first kappa shape index (κ1) is 13.4. The van der Waals surface area contributed by atoms with Gasteiger partial charge in [0.15, 0.2) is 0 Å². The summed E-state index contributed by atoms with van der Waals surface area (Å²) in [6.07, 6.45) is 0. The van der Waals surface area contributed by atoms with E-state index in [0.717, 1.165) is 28.5 Å². The maximum absolute atomic E-state index is 8.96. The zero-order valence-electron chi connectivity index (χ0n) is 11.1. The van der Waals surface area contributed by atoms with Crippen LogP contribution in [-0.4, -0.2) is 17.2 Å². The number of pyridine rings is 1. The summed E-state index contributed by atoms with van der Waals surface area (Å²) in [4.78, 5) is 4.39. The summed E-state index contributed by atoms with van der Waals surface area (Å²) < 4.78 is 10.8. The third-order valence-electron chi connectivity index (χ3n) is 2.71. The van der Waals surface area contributed by atoms with Crippen molar-refractivity contribution in [2.75, 3.05) is 7.11 Å². The number of hydrogen-bond acceptors (Lipinski definition) is 4. The van der Waals surface area contributed by atoms with Crippen molar-refractivity contribution in [2.24, 2.45) is 0 Å². The minimum atomic E-state index is 0.0386. The topological polar surface area (TPSA) is 51.6 Å². The van der Waals surface area contributed by atoms with Gasteiger partial charge in [0.05, 0.1) is 19.4 Å². The Morgan fingerprint density at radius 2 is 1.84 bits per heavy atom. The SMILES string of the molecule is COc1cc(C)nc(COc2ccc(CO)cc2)c1. The summed E-state index contributed by atoms with van der Waals surface area (Å²) in [6, 6.07) is 11.1. The molecule has 1 N–H and O–H groups in total. The summed E-state index contributed by atoms with van der Waals surface area (Å²) in [5.41, 5.74) is 2.58. The Balaban J connectivity index is 2.03. The highest BCUT2D eigenvalue weighted by molar-refractivity contribution is 5.29. The lowest BCUT2D eigenvalue weighted by Crippen LogP contribution is -2.00. The van der Waals surface area contributed by atoms with Crippen molar-refractivity contribution >= 4 is 0 Å². The van der Waals surface area contributed by atoms with E-state index in [1.807, 2.05) is 43.3 Å². The average Bonchev–Trinajstić information content (AvgIpc) is 2.45. The minimum Gasteiger partial charge on any atom is -0.497 e. The fourth-order valence-electron chi connectivity index (χ4n) is 1.74. The molecule has 0 radical (unpaired) electrons. The first-order chi connectivity index (χ1) is 9.21. The normalized spacial score (nSPS) is 10.3. The first-order valence-corrected chi connectivity index (χ1v) is 6.05. The lowest BCUT2D eigenvalue weighted by Gasteiger charge is -2.08. The monoisotopic (exact) mass is 259 g/mol. The van der Waals surface area contributed by atoms with Gasteiger partial charge in [-0.25, -0.2) is 0 Å². The van der Waals surface area contributed by atoms with Crippen LogP contribution in [0.1, 0.15) is 17.0 Å². The molecular weight excluding hydrogens is 242 g/mol. The number of aromatic nitrogens is 1. The van der Waals surface area contributed by atoms with E-state index < -0.39 is 0 Å². The molecule has 1 heterocycles. The Morgan fingerprint density at radius 1 is 1.11 bits per heavy atom. The summed E-state index contributed by atoms with van der Waals surface area (Å²) in [5, 5.41) is 8.96. The Bertz CT molecular complexity index is 538. The molecule has 0 amide bonds. The number of methoxy groups -OCH3 is 1.